The molecule has 170 valence electrons. The van der Waals surface area contributed by atoms with E-state index in [9.17, 15) is 28.4 Å². The number of amides is 3. The summed E-state index contributed by atoms with van der Waals surface area (Å²) >= 11 is 0. The van der Waals surface area contributed by atoms with Crippen molar-refractivity contribution in [1.29, 1.82) is 0 Å². The lowest BCUT2D eigenvalue weighted by atomic mass is 9.86. The zero-order valence-corrected chi connectivity index (χ0v) is 17.6. The molecule has 0 radical (unpaired) electrons. The maximum atomic E-state index is 13.1. The normalized spacial score (nSPS) is 13.5. The number of hydrogen-bond donors (Lipinski definition) is 3. The number of esters is 2. The Balaban J connectivity index is 3.12. The fraction of sp³-hybridized carbons (Fsp3) is 0.450. The zero-order chi connectivity index (χ0) is 23.7. The SMILES string of the molecule is COC(=O)C(C(=O)OC)[C@H](C)[C@H](NC(=O)[C@H](Cc1ccc(F)cc1)NC(C)=O)C(N)=O. The molecule has 0 spiro atoms. The molecule has 0 aromatic heterocycles. The van der Waals surface area contributed by atoms with E-state index in [-0.39, 0.29) is 6.42 Å². The van der Waals surface area contributed by atoms with Crippen molar-refractivity contribution in [1.82, 2.24) is 10.6 Å². The predicted molar refractivity (Wildman–Crippen MR) is 106 cm³/mol. The number of benzene rings is 1. The van der Waals surface area contributed by atoms with Crippen LogP contribution in [0.15, 0.2) is 24.3 Å². The van der Waals surface area contributed by atoms with E-state index in [0.717, 1.165) is 14.2 Å². The van der Waals surface area contributed by atoms with E-state index >= 15 is 0 Å². The Morgan fingerprint density at radius 3 is 1.94 bits per heavy atom. The standard InChI is InChI=1S/C20H26FN3O7/c1-10(15(19(28)30-3)20(29)31-4)16(17(22)26)24-18(27)14(23-11(2)25)9-12-5-7-13(21)8-6-12/h5-8,10,14-16H,9H2,1-4H3,(H2,22,26)(H,23,25)(H,24,27)/t10-,14-,16-/m0/s1. The summed E-state index contributed by atoms with van der Waals surface area (Å²) in [6.07, 6.45) is -0.0109. The molecule has 3 atom stereocenters. The number of nitrogens with two attached hydrogens (primary N) is 1. The van der Waals surface area contributed by atoms with Gasteiger partial charge in [0.25, 0.3) is 0 Å². The van der Waals surface area contributed by atoms with Crippen molar-refractivity contribution in [2.45, 2.75) is 32.4 Å². The van der Waals surface area contributed by atoms with Crippen molar-refractivity contribution in [3.8, 4) is 0 Å². The van der Waals surface area contributed by atoms with Gasteiger partial charge in [-0.2, -0.15) is 0 Å². The van der Waals surface area contributed by atoms with Crippen molar-refractivity contribution in [2.24, 2.45) is 17.6 Å². The van der Waals surface area contributed by atoms with Gasteiger partial charge in [0.05, 0.1) is 14.2 Å². The third-order valence-electron chi connectivity index (χ3n) is 4.61. The van der Waals surface area contributed by atoms with Crippen molar-refractivity contribution in [3.05, 3.63) is 35.6 Å². The van der Waals surface area contributed by atoms with Crippen LogP contribution in [0.1, 0.15) is 19.4 Å². The molecule has 4 N–H and O–H groups in total. The molecule has 1 aromatic carbocycles. The van der Waals surface area contributed by atoms with Gasteiger partial charge in [0.15, 0.2) is 5.92 Å². The van der Waals surface area contributed by atoms with Crippen molar-refractivity contribution in [3.63, 3.8) is 0 Å². The Morgan fingerprint density at radius 1 is 1.00 bits per heavy atom. The van der Waals surface area contributed by atoms with Gasteiger partial charge in [-0.15, -0.1) is 0 Å². The van der Waals surface area contributed by atoms with Gasteiger partial charge in [-0.25, -0.2) is 4.39 Å². The molecule has 31 heavy (non-hydrogen) atoms. The molecule has 1 rings (SSSR count). The summed E-state index contributed by atoms with van der Waals surface area (Å²) in [5.41, 5.74) is 5.93. The molecule has 10 nitrogen and oxygen atoms in total. The molecule has 0 bridgehead atoms. The molecule has 0 aliphatic heterocycles. The summed E-state index contributed by atoms with van der Waals surface area (Å²) in [6, 6.07) is 2.69. The highest BCUT2D eigenvalue weighted by Crippen LogP contribution is 2.20. The summed E-state index contributed by atoms with van der Waals surface area (Å²) in [7, 11) is 2.11. The molecule has 3 amide bonds. The molecular weight excluding hydrogens is 413 g/mol. The average molecular weight is 439 g/mol. The van der Waals surface area contributed by atoms with Crippen molar-refractivity contribution >= 4 is 29.7 Å². The van der Waals surface area contributed by atoms with Crippen LogP contribution in [0, 0.1) is 17.7 Å². The van der Waals surface area contributed by atoms with Crippen LogP contribution in [0.5, 0.6) is 0 Å². The molecule has 11 heteroatoms. The number of methoxy groups -OCH3 is 2. The average Bonchev–Trinajstić information content (AvgIpc) is 2.71. The number of carbonyl (C=O) groups is 5. The van der Waals surface area contributed by atoms with Gasteiger partial charge in [-0.1, -0.05) is 19.1 Å². The van der Waals surface area contributed by atoms with E-state index in [2.05, 4.69) is 20.1 Å². The van der Waals surface area contributed by atoms with E-state index in [4.69, 9.17) is 5.73 Å². The summed E-state index contributed by atoms with van der Waals surface area (Å²) in [4.78, 5) is 60.5. The van der Waals surface area contributed by atoms with Crippen LogP contribution in [0.2, 0.25) is 0 Å². The quantitative estimate of drug-likeness (QED) is 0.326. The number of carbonyl (C=O) groups excluding carboxylic acids is 5. The van der Waals surface area contributed by atoms with Gasteiger partial charge < -0.3 is 25.8 Å². The molecule has 0 saturated heterocycles. The molecule has 0 heterocycles. The lowest BCUT2D eigenvalue weighted by Gasteiger charge is -2.28. The molecule has 0 unspecified atom stereocenters. The van der Waals surface area contributed by atoms with E-state index in [0.29, 0.717) is 5.56 Å². The summed E-state index contributed by atoms with van der Waals surface area (Å²) < 4.78 is 22.3. The molecule has 0 aliphatic carbocycles. The van der Waals surface area contributed by atoms with Gasteiger partial charge in [0, 0.05) is 19.3 Å². The predicted octanol–water partition coefficient (Wildman–Crippen LogP) is -0.559. The van der Waals surface area contributed by atoms with Gasteiger partial charge in [-0.05, 0) is 17.7 Å². The highest BCUT2D eigenvalue weighted by Gasteiger charge is 2.41. The van der Waals surface area contributed by atoms with Crippen LogP contribution in [-0.2, 0) is 39.9 Å². The van der Waals surface area contributed by atoms with Gasteiger partial charge >= 0.3 is 11.9 Å². The second-order valence-corrected chi connectivity index (χ2v) is 6.86. The molecule has 0 saturated carbocycles. The zero-order valence-electron chi connectivity index (χ0n) is 17.6. The topological polar surface area (TPSA) is 154 Å². The fourth-order valence-electron chi connectivity index (χ4n) is 3.00. The van der Waals surface area contributed by atoms with Crippen LogP contribution in [0.4, 0.5) is 4.39 Å². The summed E-state index contributed by atoms with van der Waals surface area (Å²) in [5, 5.41) is 4.82. The highest BCUT2D eigenvalue weighted by atomic mass is 19.1. The highest BCUT2D eigenvalue weighted by molar-refractivity contribution is 5.97. The number of rotatable bonds is 10. The fourth-order valence-corrected chi connectivity index (χ4v) is 3.00. The van der Waals surface area contributed by atoms with Gasteiger partial charge in [0.1, 0.15) is 17.9 Å². The Bertz CT molecular complexity index is 813. The summed E-state index contributed by atoms with van der Waals surface area (Å²) in [6.45, 7) is 2.55. The lowest BCUT2D eigenvalue weighted by Crippen LogP contribution is -2.57. The first kappa shape index (κ1) is 25.5. The molecule has 0 aliphatic rings. The van der Waals surface area contributed by atoms with Crippen molar-refractivity contribution < 1.29 is 37.8 Å². The Labute approximate surface area is 178 Å². The summed E-state index contributed by atoms with van der Waals surface area (Å²) in [5.74, 6) is -7.37. The first-order valence-electron chi connectivity index (χ1n) is 9.28. The lowest BCUT2D eigenvalue weighted by molar-refractivity contribution is -0.162. The third-order valence-corrected chi connectivity index (χ3v) is 4.61. The minimum Gasteiger partial charge on any atom is -0.468 e. The van der Waals surface area contributed by atoms with Crippen LogP contribution in [0.25, 0.3) is 0 Å². The Morgan fingerprint density at radius 2 is 1.52 bits per heavy atom. The minimum absolute atomic E-state index is 0.0109. The maximum Gasteiger partial charge on any atom is 0.320 e. The van der Waals surface area contributed by atoms with Gasteiger partial charge in [-0.3, -0.25) is 24.0 Å². The molecule has 1 aromatic rings. The first-order chi connectivity index (χ1) is 14.5. The number of nitrogens with one attached hydrogen (secondary N) is 2. The monoisotopic (exact) mass is 439 g/mol. The molecular formula is C20H26FN3O7. The van der Waals surface area contributed by atoms with Crippen LogP contribution in [0.3, 0.4) is 0 Å². The Kier molecular flexibility index (Phi) is 9.58. The number of ether oxygens (including phenoxy) is 2. The number of halogens is 1. The van der Waals surface area contributed by atoms with Crippen molar-refractivity contribution in [2.75, 3.05) is 14.2 Å². The van der Waals surface area contributed by atoms with E-state index in [1.165, 1.54) is 38.1 Å². The first-order valence-corrected chi connectivity index (χ1v) is 9.28. The number of primary amides is 1. The number of hydrogen-bond acceptors (Lipinski definition) is 7. The van der Waals surface area contributed by atoms with E-state index < -0.39 is 59.4 Å². The smallest absolute Gasteiger partial charge is 0.320 e. The van der Waals surface area contributed by atoms with Gasteiger partial charge in [0.2, 0.25) is 17.7 Å². The minimum atomic E-state index is -1.52. The molecule has 0 fully saturated rings. The van der Waals surface area contributed by atoms with E-state index in [1.54, 1.807) is 0 Å². The van der Waals surface area contributed by atoms with E-state index in [1.807, 2.05) is 0 Å². The second-order valence-electron chi connectivity index (χ2n) is 6.86. The third kappa shape index (κ3) is 7.36. The van der Waals surface area contributed by atoms with Crippen LogP contribution < -0.4 is 16.4 Å². The Hall–Kier alpha value is -3.50. The van der Waals surface area contributed by atoms with Crippen LogP contribution in [-0.4, -0.2) is 56.0 Å². The van der Waals surface area contributed by atoms with Crippen LogP contribution >= 0.6 is 0 Å². The largest absolute Gasteiger partial charge is 0.468 e. The second kappa shape index (κ2) is 11.6. The maximum absolute atomic E-state index is 13.1.